The molecule has 1 spiro atoms. The third-order valence-corrected chi connectivity index (χ3v) is 7.23. The van der Waals surface area contributed by atoms with Crippen LogP contribution in [0.4, 0.5) is 0 Å². The minimum Gasteiger partial charge on any atom is -0.352 e. The molecule has 2 saturated carbocycles. The maximum atomic E-state index is 12.8. The van der Waals surface area contributed by atoms with Crippen LogP contribution in [0.25, 0.3) is 0 Å². The highest BCUT2D eigenvalue weighted by Gasteiger charge is 2.72. The molecular formula is C19H28N4O2. The van der Waals surface area contributed by atoms with Crippen LogP contribution >= 0.6 is 0 Å². The lowest BCUT2D eigenvalue weighted by Gasteiger charge is -2.35. The molecule has 0 radical (unpaired) electrons. The molecule has 2 aliphatic carbocycles. The van der Waals surface area contributed by atoms with Gasteiger partial charge in [0.05, 0.1) is 12.1 Å². The molecule has 4 fully saturated rings. The van der Waals surface area contributed by atoms with E-state index in [9.17, 15) is 14.9 Å². The number of amides is 2. The average molecular weight is 344 g/mol. The van der Waals surface area contributed by atoms with Crippen LogP contribution in [-0.4, -0.2) is 60.4 Å². The summed E-state index contributed by atoms with van der Waals surface area (Å²) in [6.07, 6.45) is 7.77. The quantitative estimate of drug-likeness (QED) is 0.836. The summed E-state index contributed by atoms with van der Waals surface area (Å²) >= 11 is 0. The molecule has 6 heteroatoms. The molecule has 4 aliphatic rings. The van der Waals surface area contributed by atoms with Gasteiger partial charge in [0.15, 0.2) is 0 Å². The Bertz CT molecular complexity index is 613. The molecule has 2 amide bonds. The largest absolute Gasteiger partial charge is 0.352 e. The Kier molecular flexibility index (Phi) is 4.03. The summed E-state index contributed by atoms with van der Waals surface area (Å²) < 4.78 is 0. The predicted molar refractivity (Wildman–Crippen MR) is 92.3 cm³/mol. The standard InChI is InChI=1S/C19H28N4O2/c1-22-9-6-15(16(22)24)23-10-4-14(5-11-23)21-17(25)19(13-20)12-18(19)7-2-3-8-18/h14-15H,2-12H2,1H3,(H,21,25)/t15-,19-/m0/s1. The van der Waals surface area contributed by atoms with Crippen molar-refractivity contribution in [2.24, 2.45) is 10.8 Å². The number of rotatable bonds is 3. The molecule has 0 unspecified atom stereocenters. The maximum Gasteiger partial charge on any atom is 0.241 e. The van der Waals surface area contributed by atoms with Crippen molar-refractivity contribution in [3.63, 3.8) is 0 Å². The van der Waals surface area contributed by atoms with E-state index >= 15 is 0 Å². The van der Waals surface area contributed by atoms with Crippen LogP contribution in [0.15, 0.2) is 0 Å². The SMILES string of the molecule is CN1CC[C@H](N2CCC(NC(=O)[C@@]3(C#N)CC34CCCC4)CC2)C1=O. The van der Waals surface area contributed by atoms with Crippen molar-refractivity contribution in [3.05, 3.63) is 0 Å². The maximum absolute atomic E-state index is 12.8. The summed E-state index contributed by atoms with van der Waals surface area (Å²) in [6, 6.07) is 2.53. The van der Waals surface area contributed by atoms with Crippen molar-refractivity contribution < 1.29 is 9.59 Å². The van der Waals surface area contributed by atoms with Crippen LogP contribution in [0.5, 0.6) is 0 Å². The Morgan fingerprint density at radius 1 is 1.20 bits per heavy atom. The molecule has 4 rings (SSSR count). The van der Waals surface area contributed by atoms with E-state index in [-0.39, 0.29) is 29.3 Å². The van der Waals surface area contributed by atoms with Crippen molar-refractivity contribution in [1.82, 2.24) is 15.1 Å². The van der Waals surface area contributed by atoms with Gasteiger partial charge in [-0.05, 0) is 38.5 Å². The lowest BCUT2D eigenvalue weighted by Crippen LogP contribution is -2.51. The molecule has 6 nitrogen and oxygen atoms in total. The van der Waals surface area contributed by atoms with Gasteiger partial charge in [0, 0.05) is 38.1 Å². The topological polar surface area (TPSA) is 76.4 Å². The number of nitriles is 1. The van der Waals surface area contributed by atoms with Crippen molar-refractivity contribution in [1.29, 1.82) is 5.26 Å². The number of likely N-dealkylation sites (N-methyl/N-ethyl adjacent to an activating group) is 1. The van der Waals surface area contributed by atoms with Gasteiger partial charge in [0.25, 0.3) is 0 Å². The summed E-state index contributed by atoms with van der Waals surface area (Å²) in [6.45, 7) is 2.53. The van der Waals surface area contributed by atoms with E-state index in [0.717, 1.165) is 71.0 Å². The highest BCUT2D eigenvalue weighted by molar-refractivity contribution is 5.90. The van der Waals surface area contributed by atoms with Gasteiger partial charge < -0.3 is 10.2 Å². The van der Waals surface area contributed by atoms with Crippen LogP contribution in [0.2, 0.25) is 0 Å². The van der Waals surface area contributed by atoms with Crippen molar-refractivity contribution in [2.75, 3.05) is 26.7 Å². The highest BCUT2D eigenvalue weighted by atomic mass is 16.2. The smallest absolute Gasteiger partial charge is 0.241 e. The molecule has 25 heavy (non-hydrogen) atoms. The van der Waals surface area contributed by atoms with E-state index in [1.165, 1.54) is 0 Å². The van der Waals surface area contributed by atoms with Gasteiger partial charge >= 0.3 is 0 Å². The molecule has 0 aromatic rings. The van der Waals surface area contributed by atoms with E-state index in [0.29, 0.717) is 0 Å². The van der Waals surface area contributed by atoms with E-state index in [1.807, 2.05) is 11.9 Å². The molecule has 2 saturated heterocycles. The van der Waals surface area contributed by atoms with Gasteiger partial charge in [-0.2, -0.15) is 5.26 Å². The van der Waals surface area contributed by atoms with E-state index < -0.39 is 5.41 Å². The van der Waals surface area contributed by atoms with Gasteiger partial charge in [-0.15, -0.1) is 0 Å². The Labute approximate surface area is 149 Å². The average Bonchev–Trinajstić information content (AvgIpc) is 2.85. The summed E-state index contributed by atoms with van der Waals surface area (Å²) in [5, 5.41) is 12.8. The molecule has 0 aromatic heterocycles. The molecule has 1 N–H and O–H groups in total. The van der Waals surface area contributed by atoms with Crippen LogP contribution in [0, 0.1) is 22.2 Å². The second kappa shape index (κ2) is 5.98. The Hall–Kier alpha value is -1.61. The number of hydrogen-bond donors (Lipinski definition) is 1. The van der Waals surface area contributed by atoms with Gasteiger partial charge in [-0.1, -0.05) is 12.8 Å². The molecular weight excluding hydrogens is 316 g/mol. The van der Waals surface area contributed by atoms with Crippen molar-refractivity contribution >= 4 is 11.8 Å². The first-order chi connectivity index (χ1) is 12.0. The minimum atomic E-state index is -0.759. The van der Waals surface area contributed by atoms with Crippen LogP contribution in [-0.2, 0) is 9.59 Å². The van der Waals surface area contributed by atoms with Crippen LogP contribution in [0.3, 0.4) is 0 Å². The molecule has 2 atom stereocenters. The fourth-order valence-electron chi connectivity index (χ4n) is 5.46. The van der Waals surface area contributed by atoms with Gasteiger partial charge in [-0.3, -0.25) is 14.5 Å². The number of carbonyl (C=O) groups is 2. The number of nitrogens with zero attached hydrogens (tertiary/aromatic N) is 3. The zero-order chi connectivity index (χ0) is 17.7. The lowest BCUT2D eigenvalue weighted by molar-refractivity contribution is -0.132. The fraction of sp³-hybridized carbons (Fsp3) is 0.842. The summed E-state index contributed by atoms with van der Waals surface area (Å²) in [5.41, 5.74) is -0.780. The van der Waals surface area contributed by atoms with Crippen LogP contribution in [0.1, 0.15) is 51.4 Å². The first-order valence-corrected chi connectivity index (χ1v) is 9.73. The number of hydrogen-bond acceptors (Lipinski definition) is 4. The summed E-state index contributed by atoms with van der Waals surface area (Å²) in [5.74, 6) is 0.194. The third-order valence-electron chi connectivity index (χ3n) is 7.23. The van der Waals surface area contributed by atoms with E-state index in [4.69, 9.17) is 0 Å². The second-order valence-corrected chi connectivity index (χ2v) is 8.53. The lowest BCUT2D eigenvalue weighted by atomic mass is 9.90. The van der Waals surface area contributed by atoms with Crippen molar-refractivity contribution in [3.8, 4) is 6.07 Å². The Morgan fingerprint density at radius 3 is 2.44 bits per heavy atom. The van der Waals surface area contributed by atoms with E-state index in [2.05, 4.69) is 16.3 Å². The number of piperidine rings is 1. The first-order valence-electron chi connectivity index (χ1n) is 9.73. The predicted octanol–water partition coefficient (Wildman–Crippen LogP) is 1.27. The number of likely N-dealkylation sites (tertiary alicyclic amines) is 2. The first kappa shape index (κ1) is 16.8. The van der Waals surface area contributed by atoms with Gasteiger partial charge in [0.1, 0.15) is 5.41 Å². The summed E-state index contributed by atoms with van der Waals surface area (Å²) in [4.78, 5) is 29.1. The molecule has 0 bridgehead atoms. The molecule has 2 heterocycles. The highest BCUT2D eigenvalue weighted by Crippen LogP contribution is 2.71. The molecule has 136 valence electrons. The molecule has 2 aliphatic heterocycles. The second-order valence-electron chi connectivity index (χ2n) is 8.53. The Morgan fingerprint density at radius 2 is 1.88 bits per heavy atom. The fourth-order valence-corrected chi connectivity index (χ4v) is 5.46. The summed E-state index contributed by atoms with van der Waals surface area (Å²) in [7, 11) is 1.87. The van der Waals surface area contributed by atoms with Crippen molar-refractivity contribution in [2.45, 2.75) is 63.5 Å². The van der Waals surface area contributed by atoms with E-state index in [1.54, 1.807) is 0 Å². The van der Waals surface area contributed by atoms with Crippen LogP contribution < -0.4 is 5.32 Å². The Balaban J connectivity index is 1.31. The minimum absolute atomic E-state index is 0.0204. The zero-order valence-electron chi connectivity index (χ0n) is 15.1. The van der Waals surface area contributed by atoms with Gasteiger partial charge in [-0.25, -0.2) is 0 Å². The molecule has 0 aromatic carbocycles. The zero-order valence-corrected chi connectivity index (χ0v) is 15.1. The number of nitrogens with one attached hydrogen (secondary N) is 1. The normalized spacial score (nSPS) is 35.1. The monoisotopic (exact) mass is 344 g/mol. The number of carbonyl (C=O) groups excluding carboxylic acids is 2. The van der Waals surface area contributed by atoms with Gasteiger partial charge in [0.2, 0.25) is 11.8 Å². The third kappa shape index (κ3) is 2.55.